The van der Waals surface area contributed by atoms with Crippen molar-refractivity contribution in [2.75, 3.05) is 11.4 Å². The Morgan fingerprint density at radius 3 is 2.84 bits per heavy atom. The molecule has 19 heavy (non-hydrogen) atoms. The van der Waals surface area contributed by atoms with Gasteiger partial charge in [0.2, 0.25) is 0 Å². The number of hydrogen-bond donors (Lipinski definition) is 1. The number of hydrogen-bond acceptors (Lipinski definition) is 2. The van der Waals surface area contributed by atoms with Crippen LogP contribution in [0.5, 0.6) is 0 Å². The molecule has 2 rings (SSSR count). The summed E-state index contributed by atoms with van der Waals surface area (Å²) in [5, 5.41) is 9.65. The topological polar surface area (TPSA) is 23.5 Å². The molecule has 0 aliphatic carbocycles. The fourth-order valence-corrected chi connectivity index (χ4v) is 3.59. The summed E-state index contributed by atoms with van der Waals surface area (Å²) in [4.78, 5) is 2.54. The summed E-state index contributed by atoms with van der Waals surface area (Å²) in [5.74, 6) is 0. The third-order valence-electron chi connectivity index (χ3n) is 4.01. The molecule has 0 spiro atoms. The molecule has 1 saturated heterocycles. The van der Waals surface area contributed by atoms with Crippen molar-refractivity contribution in [3.05, 3.63) is 28.2 Å². The summed E-state index contributed by atoms with van der Waals surface area (Å²) in [6.45, 7) is 5.22. The lowest BCUT2D eigenvalue weighted by Crippen LogP contribution is -2.39. The fourth-order valence-electron chi connectivity index (χ4n) is 2.97. The monoisotopic (exact) mass is 325 g/mol. The highest BCUT2D eigenvalue weighted by Crippen LogP contribution is 2.34. The molecule has 0 aromatic heterocycles. The SMILES string of the molecule is CCCC1CCCCN1c1ccc([C@@H](C)O)cc1Br. The van der Waals surface area contributed by atoms with Gasteiger partial charge in [-0.2, -0.15) is 0 Å². The van der Waals surface area contributed by atoms with E-state index in [4.69, 9.17) is 0 Å². The predicted octanol–water partition coefficient (Wildman–Crippen LogP) is 4.66. The Bertz CT molecular complexity index is 417. The number of benzene rings is 1. The van der Waals surface area contributed by atoms with Gasteiger partial charge in [0.1, 0.15) is 0 Å². The van der Waals surface area contributed by atoms with E-state index in [9.17, 15) is 5.11 Å². The van der Waals surface area contributed by atoms with Crippen LogP contribution in [0.25, 0.3) is 0 Å². The first-order valence-electron chi connectivity index (χ1n) is 7.37. The second-order valence-electron chi connectivity index (χ2n) is 5.52. The normalized spacial score (nSPS) is 21.5. The molecule has 2 atom stereocenters. The molecule has 0 bridgehead atoms. The first kappa shape index (κ1) is 14.9. The number of piperidine rings is 1. The van der Waals surface area contributed by atoms with Crippen molar-refractivity contribution >= 4 is 21.6 Å². The highest BCUT2D eigenvalue weighted by atomic mass is 79.9. The number of rotatable bonds is 4. The first-order chi connectivity index (χ1) is 9.13. The molecule has 0 saturated carbocycles. The Morgan fingerprint density at radius 2 is 2.21 bits per heavy atom. The molecule has 1 aromatic carbocycles. The first-order valence-corrected chi connectivity index (χ1v) is 8.17. The molecule has 106 valence electrons. The Balaban J connectivity index is 2.23. The smallest absolute Gasteiger partial charge is 0.0762 e. The van der Waals surface area contributed by atoms with E-state index in [0.717, 1.165) is 16.6 Å². The molecule has 0 amide bonds. The summed E-state index contributed by atoms with van der Waals surface area (Å²) < 4.78 is 1.11. The molecule has 0 radical (unpaired) electrons. The van der Waals surface area contributed by atoms with Crippen molar-refractivity contribution in [2.45, 2.75) is 58.1 Å². The minimum atomic E-state index is -0.404. The molecule has 1 N–H and O–H groups in total. The van der Waals surface area contributed by atoms with Gasteiger partial charge >= 0.3 is 0 Å². The van der Waals surface area contributed by atoms with Gasteiger partial charge in [-0.25, -0.2) is 0 Å². The van der Waals surface area contributed by atoms with Gasteiger partial charge in [0, 0.05) is 17.1 Å². The lowest BCUT2D eigenvalue weighted by Gasteiger charge is -2.38. The summed E-state index contributed by atoms with van der Waals surface area (Å²) in [7, 11) is 0. The number of halogens is 1. The van der Waals surface area contributed by atoms with Crippen molar-refractivity contribution in [2.24, 2.45) is 0 Å². The Kier molecular flexibility index (Phi) is 5.28. The second-order valence-corrected chi connectivity index (χ2v) is 6.37. The van der Waals surface area contributed by atoms with E-state index < -0.39 is 6.10 Å². The quantitative estimate of drug-likeness (QED) is 0.870. The van der Waals surface area contributed by atoms with Crippen LogP contribution in [-0.2, 0) is 0 Å². The van der Waals surface area contributed by atoms with Crippen LogP contribution in [0.4, 0.5) is 5.69 Å². The van der Waals surface area contributed by atoms with Gasteiger partial charge in [0.15, 0.2) is 0 Å². The molecule has 1 aliphatic rings. The van der Waals surface area contributed by atoms with Crippen LogP contribution in [0.3, 0.4) is 0 Å². The van der Waals surface area contributed by atoms with Crippen molar-refractivity contribution in [1.82, 2.24) is 0 Å². The summed E-state index contributed by atoms with van der Waals surface area (Å²) in [5.41, 5.74) is 2.25. The third kappa shape index (κ3) is 3.51. The van der Waals surface area contributed by atoms with Crippen molar-refractivity contribution < 1.29 is 5.11 Å². The van der Waals surface area contributed by atoms with Gasteiger partial charge in [-0.05, 0) is 66.2 Å². The number of nitrogens with zero attached hydrogens (tertiary/aromatic N) is 1. The molecular formula is C16H24BrNO. The zero-order valence-electron chi connectivity index (χ0n) is 11.9. The van der Waals surface area contributed by atoms with E-state index in [0.29, 0.717) is 6.04 Å². The standard InChI is InChI=1S/C16H24BrNO/c1-3-6-14-7-4-5-10-18(14)16-9-8-13(12(2)19)11-15(16)17/h8-9,11-12,14,19H,3-7,10H2,1-2H3/t12-,14?/m1/s1. The summed E-state index contributed by atoms with van der Waals surface area (Å²) in [6, 6.07) is 6.92. The van der Waals surface area contributed by atoms with Crippen LogP contribution in [0, 0.1) is 0 Å². The fraction of sp³-hybridized carbons (Fsp3) is 0.625. The summed E-state index contributed by atoms with van der Waals surface area (Å²) in [6.07, 6.45) is 6.04. The maximum Gasteiger partial charge on any atom is 0.0762 e. The Hall–Kier alpha value is -0.540. The van der Waals surface area contributed by atoms with E-state index in [-0.39, 0.29) is 0 Å². The largest absolute Gasteiger partial charge is 0.389 e. The molecule has 3 heteroatoms. The van der Waals surface area contributed by atoms with Gasteiger partial charge in [0.25, 0.3) is 0 Å². The zero-order chi connectivity index (χ0) is 13.8. The molecule has 2 nitrogen and oxygen atoms in total. The molecule has 1 aromatic rings. The predicted molar refractivity (Wildman–Crippen MR) is 84.7 cm³/mol. The lowest BCUT2D eigenvalue weighted by atomic mass is 9.97. The second kappa shape index (κ2) is 6.76. The van der Waals surface area contributed by atoms with E-state index in [1.165, 1.54) is 37.8 Å². The van der Waals surface area contributed by atoms with Crippen LogP contribution in [0.15, 0.2) is 22.7 Å². The van der Waals surface area contributed by atoms with Crippen LogP contribution in [0.2, 0.25) is 0 Å². The van der Waals surface area contributed by atoms with Gasteiger partial charge in [-0.3, -0.25) is 0 Å². The molecule has 1 heterocycles. The van der Waals surface area contributed by atoms with E-state index in [1.54, 1.807) is 0 Å². The average molecular weight is 326 g/mol. The molecule has 1 fully saturated rings. The highest BCUT2D eigenvalue weighted by molar-refractivity contribution is 9.10. The van der Waals surface area contributed by atoms with Gasteiger partial charge in [-0.15, -0.1) is 0 Å². The maximum absolute atomic E-state index is 9.65. The van der Waals surface area contributed by atoms with Crippen LogP contribution < -0.4 is 4.90 Å². The Morgan fingerprint density at radius 1 is 1.42 bits per heavy atom. The third-order valence-corrected chi connectivity index (χ3v) is 4.65. The zero-order valence-corrected chi connectivity index (χ0v) is 13.5. The van der Waals surface area contributed by atoms with Crippen LogP contribution in [-0.4, -0.2) is 17.7 Å². The average Bonchev–Trinajstić information content (AvgIpc) is 2.40. The molecule has 1 unspecified atom stereocenters. The van der Waals surface area contributed by atoms with E-state index >= 15 is 0 Å². The maximum atomic E-state index is 9.65. The molecular weight excluding hydrogens is 302 g/mol. The van der Waals surface area contributed by atoms with Crippen LogP contribution in [0.1, 0.15) is 57.6 Å². The van der Waals surface area contributed by atoms with Crippen molar-refractivity contribution in [1.29, 1.82) is 0 Å². The minimum Gasteiger partial charge on any atom is -0.389 e. The van der Waals surface area contributed by atoms with E-state index in [1.807, 2.05) is 13.0 Å². The van der Waals surface area contributed by atoms with Crippen molar-refractivity contribution in [3.63, 3.8) is 0 Å². The Labute approximate surface area is 124 Å². The van der Waals surface area contributed by atoms with Crippen molar-refractivity contribution in [3.8, 4) is 0 Å². The van der Waals surface area contributed by atoms with Crippen LogP contribution >= 0.6 is 15.9 Å². The minimum absolute atomic E-state index is 0.404. The van der Waals surface area contributed by atoms with E-state index in [2.05, 4.69) is 39.9 Å². The number of aliphatic hydroxyl groups is 1. The van der Waals surface area contributed by atoms with Gasteiger partial charge < -0.3 is 10.0 Å². The highest BCUT2D eigenvalue weighted by Gasteiger charge is 2.23. The lowest BCUT2D eigenvalue weighted by molar-refractivity contribution is 0.199. The molecule has 1 aliphatic heterocycles. The van der Waals surface area contributed by atoms with Gasteiger partial charge in [0.05, 0.1) is 11.8 Å². The summed E-state index contributed by atoms with van der Waals surface area (Å²) >= 11 is 3.68. The van der Waals surface area contributed by atoms with Gasteiger partial charge in [-0.1, -0.05) is 19.4 Å². The number of anilines is 1. The number of aliphatic hydroxyl groups excluding tert-OH is 1.